The van der Waals surface area contributed by atoms with E-state index in [4.69, 9.17) is 0 Å². The number of benzene rings is 1. The molecule has 4 nitrogen and oxygen atoms in total. The monoisotopic (exact) mass is 392 g/mol. The molecule has 0 spiro atoms. The van der Waals surface area contributed by atoms with E-state index in [1.165, 1.54) is 25.7 Å². The minimum absolute atomic E-state index is 0.303. The zero-order chi connectivity index (χ0) is 16.4. The Bertz CT molecular complexity index is 788. The molecule has 1 fully saturated rings. The standard InChI is InChI=1S/C17H16N2O2SSe/c1-10-15(17(20)21)23-16(19-10)11-6-7-14(12(8-11)9-18)22-13-4-2-3-5-13/h6-8,13H,2-5H2,1H3,(H,20,21). The van der Waals surface area contributed by atoms with Crippen molar-refractivity contribution in [1.29, 1.82) is 5.26 Å². The molecule has 0 amide bonds. The first-order valence-electron chi connectivity index (χ1n) is 7.50. The Hall–Kier alpha value is -1.54. The Kier molecular flexibility index (Phi) is 4.91. The van der Waals surface area contributed by atoms with Crippen molar-refractivity contribution in [1.82, 2.24) is 4.98 Å². The fraction of sp³-hybridized carbons (Fsp3) is 0.353. The summed E-state index contributed by atoms with van der Waals surface area (Å²) in [7, 11) is 0. The molecule has 1 N–H and O–H groups in total. The summed E-state index contributed by atoms with van der Waals surface area (Å²) < 4.78 is 1.19. The number of nitrogens with zero attached hydrogens (tertiary/aromatic N) is 2. The molecule has 1 heterocycles. The first-order valence-corrected chi connectivity index (χ1v) is 10.1. The molecule has 0 unspecified atom stereocenters. The van der Waals surface area contributed by atoms with Gasteiger partial charge in [0.2, 0.25) is 0 Å². The normalized spacial score (nSPS) is 14.8. The van der Waals surface area contributed by atoms with E-state index in [1.54, 1.807) is 18.7 Å². The number of aryl methyl sites for hydroxylation is 1. The summed E-state index contributed by atoms with van der Waals surface area (Å²) in [6, 6.07) is 8.10. The van der Waals surface area contributed by atoms with Gasteiger partial charge in [0.25, 0.3) is 0 Å². The SMILES string of the molecule is Cc1nc(-c2ccc(SC3CCCC3)c(C#N)c2)[se]c1C(=O)O. The van der Waals surface area contributed by atoms with Gasteiger partial charge in [0.15, 0.2) is 0 Å². The fourth-order valence-corrected chi connectivity index (χ4v) is 5.95. The van der Waals surface area contributed by atoms with E-state index in [1.807, 2.05) is 18.2 Å². The number of carbonyl (C=O) groups is 1. The van der Waals surface area contributed by atoms with Gasteiger partial charge in [0.1, 0.15) is 0 Å². The van der Waals surface area contributed by atoms with Crippen molar-refractivity contribution in [2.24, 2.45) is 0 Å². The van der Waals surface area contributed by atoms with E-state index in [2.05, 4.69) is 11.1 Å². The third kappa shape index (κ3) is 3.53. The molecule has 118 valence electrons. The molecule has 0 aliphatic heterocycles. The zero-order valence-corrected chi connectivity index (χ0v) is 15.2. The second-order valence-corrected chi connectivity index (χ2v) is 9.02. The number of aromatic carboxylic acids is 1. The third-order valence-corrected chi connectivity index (χ3v) is 7.85. The summed E-state index contributed by atoms with van der Waals surface area (Å²) in [5, 5.41) is 19.2. The van der Waals surface area contributed by atoms with Gasteiger partial charge in [-0.25, -0.2) is 0 Å². The molecule has 1 aromatic carbocycles. The van der Waals surface area contributed by atoms with Crippen LogP contribution in [0.2, 0.25) is 0 Å². The summed E-state index contributed by atoms with van der Waals surface area (Å²) in [5.41, 5.74) is 2.11. The van der Waals surface area contributed by atoms with Crippen LogP contribution in [0.15, 0.2) is 23.1 Å². The average molecular weight is 391 g/mol. The molecule has 3 rings (SSSR count). The van der Waals surface area contributed by atoms with E-state index in [9.17, 15) is 15.2 Å². The van der Waals surface area contributed by atoms with Gasteiger partial charge in [-0.05, 0) is 0 Å². The molecule has 23 heavy (non-hydrogen) atoms. The van der Waals surface area contributed by atoms with Gasteiger partial charge in [-0.3, -0.25) is 0 Å². The minimum atomic E-state index is -0.893. The summed E-state index contributed by atoms with van der Waals surface area (Å²) in [6.45, 7) is 1.73. The second-order valence-electron chi connectivity index (χ2n) is 5.59. The van der Waals surface area contributed by atoms with Gasteiger partial charge >= 0.3 is 145 Å². The zero-order valence-electron chi connectivity index (χ0n) is 12.7. The van der Waals surface area contributed by atoms with Crippen molar-refractivity contribution in [2.75, 3.05) is 0 Å². The van der Waals surface area contributed by atoms with Crippen LogP contribution in [0.5, 0.6) is 0 Å². The van der Waals surface area contributed by atoms with E-state index < -0.39 is 5.97 Å². The molecular weight excluding hydrogens is 375 g/mol. The predicted molar refractivity (Wildman–Crippen MR) is 91.1 cm³/mol. The van der Waals surface area contributed by atoms with Crippen LogP contribution in [0.25, 0.3) is 10.1 Å². The van der Waals surface area contributed by atoms with E-state index in [0.29, 0.717) is 20.9 Å². The molecule has 6 heteroatoms. The predicted octanol–water partition coefficient (Wildman–Crippen LogP) is 3.72. The maximum atomic E-state index is 11.2. The molecule has 1 aliphatic rings. The first-order chi connectivity index (χ1) is 11.1. The maximum absolute atomic E-state index is 11.2. The van der Waals surface area contributed by atoms with E-state index in [0.717, 1.165) is 15.0 Å². The van der Waals surface area contributed by atoms with Crippen LogP contribution in [0.1, 0.15) is 46.2 Å². The molecule has 1 saturated carbocycles. The molecular formula is C17H16N2O2SSe. The molecule has 0 atom stereocenters. The topological polar surface area (TPSA) is 74.0 Å². The van der Waals surface area contributed by atoms with Crippen LogP contribution in [0.4, 0.5) is 0 Å². The van der Waals surface area contributed by atoms with Crippen molar-refractivity contribution < 1.29 is 9.90 Å². The van der Waals surface area contributed by atoms with Crippen molar-refractivity contribution in [3.05, 3.63) is 33.9 Å². The summed E-state index contributed by atoms with van der Waals surface area (Å²) in [4.78, 5) is 16.6. The van der Waals surface area contributed by atoms with Crippen LogP contribution in [-0.4, -0.2) is 35.8 Å². The third-order valence-electron chi connectivity index (χ3n) is 3.93. The summed E-state index contributed by atoms with van der Waals surface area (Å²) in [6.07, 6.45) is 5.00. The second kappa shape index (κ2) is 6.92. The average Bonchev–Trinajstić information content (AvgIpc) is 3.17. The number of aromatic nitrogens is 1. The summed E-state index contributed by atoms with van der Waals surface area (Å²) >= 11 is 1.50. The Labute approximate surface area is 145 Å². The van der Waals surface area contributed by atoms with E-state index in [-0.39, 0.29) is 14.5 Å². The number of nitriles is 1. The number of carboxylic acids is 1. The van der Waals surface area contributed by atoms with Crippen LogP contribution in [0.3, 0.4) is 0 Å². The van der Waals surface area contributed by atoms with Crippen molar-refractivity contribution in [3.8, 4) is 16.2 Å². The Morgan fingerprint density at radius 3 is 2.78 bits per heavy atom. The van der Waals surface area contributed by atoms with Crippen molar-refractivity contribution in [3.63, 3.8) is 0 Å². The number of thioether (sulfide) groups is 1. The van der Waals surface area contributed by atoms with Crippen LogP contribution in [-0.2, 0) is 0 Å². The Morgan fingerprint density at radius 2 is 2.17 bits per heavy atom. The van der Waals surface area contributed by atoms with Gasteiger partial charge in [0.05, 0.1) is 0 Å². The molecule has 2 aromatic rings. The Morgan fingerprint density at radius 1 is 1.43 bits per heavy atom. The number of rotatable bonds is 4. The molecule has 1 aromatic heterocycles. The van der Waals surface area contributed by atoms with Gasteiger partial charge in [0, 0.05) is 0 Å². The number of hydrogen-bond acceptors (Lipinski definition) is 4. The van der Waals surface area contributed by atoms with Gasteiger partial charge in [-0.1, -0.05) is 0 Å². The molecule has 0 saturated heterocycles. The summed E-state index contributed by atoms with van der Waals surface area (Å²) in [5.74, 6) is -0.893. The molecule has 1 aliphatic carbocycles. The van der Waals surface area contributed by atoms with Crippen LogP contribution in [0, 0.1) is 18.3 Å². The Balaban J connectivity index is 1.91. The van der Waals surface area contributed by atoms with Crippen molar-refractivity contribution >= 4 is 32.2 Å². The van der Waals surface area contributed by atoms with Crippen LogP contribution >= 0.6 is 11.8 Å². The molecule has 0 bridgehead atoms. The van der Waals surface area contributed by atoms with Gasteiger partial charge in [-0.2, -0.15) is 0 Å². The number of hydrogen-bond donors (Lipinski definition) is 1. The van der Waals surface area contributed by atoms with Crippen LogP contribution < -0.4 is 0 Å². The fourth-order valence-electron chi connectivity index (χ4n) is 2.76. The quantitative estimate of drug-likeness (QED) is 0.805. The number of carboxylic acid groups (broad SMARTS) is 1. The molecule has 0 radical (unpaired) electrons. The van der Waals surface area contributed by atoms with Crippen molar-refractivity contribution in [2.45, 2.75) is 42.8 Å². The van der Waals surface area contributed by atoms with Gasteiger partial charge < -0.3 is 0 Å². The first kappa shape index (κ1) is 16.3. The van der Waals surface area contributed by atoms with Gasteiger partial charge in [-0.15, -0.1) is 0 Å². The van der Waals surface area contributed by atoms with E-state index >= 15 is 0 Å².